The summed E-state index contributed by atoms with van der Waals surface area (Å²) in [6, 6.07) is 3.07. The smallest absolute Gasteiger partial charge is 0.0762 e. The molecule has 15 heavy (non-hydrogen) atoms. The minimum absolute atomic E-state index is 0.446. The maximum Gasteiger partial charge on any atom is 0.0762 e. The highest BCUT2D eigenvalue weighted by Gasteiger charge is 2.07. The Labute approximate surface area is 92.9 Å². The van der Waals surface area contributed by atoms with Crippen LogP contribution in [0, 0.1) is 5.92 Å². The van der Waals surface area contributed by atoms with Crippen LogP contribution >= 0.6 is 0 Å². The Morgan fingerprint density at radius 2 is 1.93 bits per heavy atom. The van der Waals surface area contributed by atoms with Gasteiger partial charge < -0.3 is 5.32 Å². The van der Waals surface area contributed by atoms with Crippen LogP contribution < -0.4 is 5.32 Å². The highest BCUT2D eigenvalue weighted by Crippen LogP contribution is 2.05. The molecule has 0 amide bonds. The standard InChI is InChI=1S/C12H23N3/c1-9(2)11(5)13-8-12-6-7-15(14-12)10(3)4/h6-7,9-11,13H,8H2,1-5H3. The Kier molecular flexibility index (Phi) is 4.33. The van der Waals surface area contributed by atoms with Crippen molar-refractivity contribution in [2.45, 2.75) is 53.2 Å². The molecule has 3 heteroatoms. The molecule has 1 heterocycles. The average molecular weight is 209 g/mol. The molecule has 0 aliphatic rings. The van der Waals surface area contributed by atoms with E-state index in [0.29, 0.717) is 18.0 Å². The lowest BCUT2D eigenvalue weighted by Gasteiger charge is -2.16. The molecular weight excluding hydrogens is 186 g/mol. The monoisotopic (exact) mass is 209 g/mol. The SMILES string of the molecule is CC(C)C(C)NCc1ccn(C(C)C)n1. The minimum Gasteiger partial charge on any atom is -0.308 e. The van der Waals surface area contributed by atoms with Crippen LogP contribution in [0.2, 0.25) is 0 Å². The van der Waals surface area contributed by atoms with Gasteiger partial charge in [-0.25, -0.2) is 0 Å². The predicted molar refractivity (Wildman–Crippen MR) is 63.8 cm³/mol. The van der Waals surface area contributed by atoms with Crippen molar-refractivity contribution in [1.29, 1.82) is 0 Å². The maximum atomic E-state index is 4.50. The summed E-state index contributed by atoms with van der Waals surface area (Å²) in [6.45, 7) is 11.8. The van der Waals surface area contributed by atoms with Crippen molar-refractivity contribution in [3.8, 4) is 0 Å². The van der Waals surface area contributed by atoms with Gasteiger partial charge in [-0.15, -0.1) is 0 Å². The third-order valence-corrected chi connectivity index (χ3v) is 2.80. The van der Waals surface area contributed by atoms with Gasteiger partial charge in [-0.05, 0) is 32.8 Å². The van der Waals surface area contributed by atoms with Gasteiger partial charge in [0.2, 0.25) is 0 Å². The molecule has 1 atom stereocenters. The van der Waals surface area contributed by atoms with Crippen LogP contribution in [0.4, 0.5) is 0 Å². The zero-order chi connectivity index (χ0) is 11.4. The van der Waals surface area contributed by atoms with Crippen LogP contribution in [0.5, 0.6) is 0 Å². The summed E-state index contributed by atoms with van der Waals surface area (Å²) < 4.78 is 2.00. The molecule has 1 unspecified atom stereocenters. The second-order valence-electron chi connectivity index (χ2n) is 4.79. The summed E-state index contributed by atoms with van der Waals surface area (Å²) in [5.74, 6) is 0.664. The van der Waals surface area contributed by atoms with E-state index in [1.807, 2.05) is 10.9 Å². The van der Waals surface area contributed by atoms with Crippen molar-refractivity contribution in [3.05, 3.63) is 18.0 Å². The molecule has 3 nitrogen and oxygen atoms in total. The molecule has 0 saturated heterocycles. The molecule has 1 rings (SSSR count). The second kappa shape index (κ2) is 5.31. The molecule has 0 bridgehead atoms. The van der Waals surface area contributed by atoms with Gasteiger partial charge in [-0.3, -0.25) is 4.68 Å². The molecule has 1 aromatic rings. The first-order valence-electron chi connectivity index (χ1n) is 5.78. The number of nitrogens with zero attached hydrogens (tertiary/aromatic N) is 2. The number of aromatic nitrogens is 2. The van der Waals surface area contributed by atoms with E-state index in [9.17, 15) is 0 Å². The molecule has 0 aromatic carbocycles. The molecule has 1 N–H and O–H groups in total. The fraction of sp³-hybridized carbons (Fsp3) is 0.750. The zero-order valence-corrected chi connectivity index (χ0v) is 10.5. The number of hydrogen-bond donors (Lipinski definition) is 1. The molecule has 86 valence electrons. The quantitative estimate of drug-likeness (QED) is 0.808. The van der Waals surface area contributed by atoms with Crippen molar-refractivity contribution in [2.24, 2.45) is 5.92 Å². The van der Waals surface area contributed by atoms with Crippen molar-refractivity contribution in [2.75, 3.05) is 0 Å². The van der Waals surface area contributed by atoms with Crippen LogP contribution in [0.1, 0.15) is 46.4 Å². The average Bonchev–Trinajstić information content (AvgIpc) is 2.62. The topological polar surface area (TPSA) is 29.9 Å². The van der Waals surface area contributed by atoms with Crippen LogP contribution in [0.3, 0.4) is 0 Å². The predicted octanol–water partition coefficient (Wildman–Crippen LogP) is 2.60. The lowest BCUT2D eigenvalue weighted by molar-refractivity contribution is 0.420. The molecule has 0 aliphatic heterocycles. The Morgan fingerprint density at radius 1 is 1.27 bits per heavy atom. The largest absolute Gasteiger partial charge is 0.308 e. The van der Waals surface area contributed by atoms with E-state index >= 15 is 0 Å². The molecule has 0 aliphatic carbocycles. The summed E-state index contributed by atoms with van der Waals surface area (Å²) in [7, 11) is 0. The first kappa shape index (κ1) is 12.2. The Bertz CT molecular complexity index is 289. The summed E-state index contributed by atoms with van der Waals surface area (Å²) in [6.07, 6.45) is 2.04. The molecule has 0 fully saturated rings. The third-order valence-electron chi connectivity index (χ3n) is 2.80. The van der Waals surface area contributed by atoms with Gasteiger partial charge in [0, 0.05) is 24.8 Å². The third kappa shape index (κ3) is 3.67. The van der Waals surface area contributed by atoms with Crippen LogP contribution in [0.15, 0.2) is 12.3 Å². The fourth-order valence-electron chi connectivity index (χ4n) is 1.26. The zero-order valence-electron chi connectivity index (χ0n) is 10.5. The first-order valence-corrected chi connectivity index (χ1v) is 5.78. The highest BCUT2D eigenvalue weighted by molar-refractivity contribution is 4.99. The summed E-state index contributed by atoms with van der Waals surface area (Å²) in [4.78, 5) is 0. The minimum atomic E-state index is 0.446. The van der Waals surface area contributed by atoms with Crippen molar-refractivity contribution < 1.29 is 0 Å². The number of hydrogen-bond acceptors (Lipinski definition) is 2. The van der Waals surface area contributed by atoms with Gasteiger partial charge in [0.1, 0.15) is 0 Å². The van der Waals surface area contributed by atoms with Gasteiger partial charge in [0.05, 0.1) is 5.69 Å². The Balaban J connectivity index is 2.44. The normalized spacial score (nSPS) is 13.8. The van der Waals surface area contributed by atoms with Crippen LogP contribution in [-0.4, -0.2) is 15.8 Å². The number of rotatable bonds is 5. The molecule has 1 aromatic heterocycles. The summed E-state index contributed by atoms with van der Waals surface area (Å²) >= 11 is 0. The van der Waals surface area contributed by atoms with Crippen molar-refractivity contribution >= 4 is 0 Å². The van der Waals surface area contributed by atoms with Gasteiger partial charge >= 0.3 is 0 Å². The van der Waals surface area contributed by atoms with E-state index in [4.69, 9.17) is 0 Å². The molecular formula is C12H23N3. The lowest BCUT2D eigenvalue weighted by atomic mass is 10.1. The van der Waals surface area contributed by atoms with E-state index in [1.54, 1.807) is 0 Å². The highest BCUT2D eigenvalue weighted by atomic mass is 15.3. The van der Waals surface area contributed by atoms with E-state index in [-0.39, 0.29) is 0 Å². The van der Waals surface area contributed by atoms with E-state index in [1.165, 1.54) is 0 Å². The van der Waals surface area contributed by atoms with Crippen LogP contribution in [-0.2, 0) is 6.54 Å². The molecule has 0 saturated carbocycles. The van der Waals surface area contributed by atoms with Gasteiger partial charge in [-0.2, -0.15) is 5.10 Å². The van der Waals surface area contributed by atoms with Crippen LogP contribution in [0.25, 0.3) is 0 Å². The Morgan fingerprint density at radius 3 is 2.40 bits per heavy atom. The van der Waals surface area contributed by atoms with E-state index < -0.39 is 0 Å². The Hall–Kier alpha value is -0.830. The van der Waals surface area contributed by atoms with Crippen molar-refractivity contribution in [3.63, 3.8) is 0 Å². The number of nitrogens with one attached hydrogen (secondary N) is 1. The van der Waals surface area contributed by atoms with E-state index in [2.05, 4.69) is 51.1 Å². The summed E-state index contributed by atoms with van der Waals surface area (Å²) in [5, 5.41) is 7.97. The van der Waals surface area contributed by atoms with Gasteiger partial charge in [-0.1, -0.05) is 13.8 Å². The van der Waals surface area contributed by atoms with Gasteiger partial charge in [0.15, 0.2) is 0 Å². The summed E-state index contributed by atoms with van der Waals surface area (Å²) in [5.41, 5.74) is 1.12. The second-order valence-corrected chi connectivity index (χ2v) is 4.79. The fourth-order valence-corrected chi connectivity index (χ4v) is 1.26. The van der Waals surface area contributed by atoms with Crippen molar-refractivity contribution in [1.82, 2.24) is 15.1 Å². The first-order chi connectivity index (χ1) is 7.00. The van der Waals surface area contributed by atoms with E-state index in [0.717, 1.165) is 12.2 Å². The molecule has 0 spiro atoms. The molecule has 0 radical (unpaired) electrons. The maximum absolute atomic E-state index is 4.50. The van der Waals surface area contributed by atoms with Gasteiger partial charge in [0.25, 0.3) is 0 Å². The lowest BCUT2D eigenvalue weighted by Crippen LogP contribution is -2.30.